The number of hydrogen-bond donors (Lipinski definition) is 2. The van der Waals surface area contributed by atoms with E-state index in [1.165, 1.54) is 0 Å². The zero-order valence-corrected chi connectivity index (χ0v) is 13.0. The summed E-state index contributed by atoms with van der Waals surface area (Å²) in [4.78, 5) is 12.0. The molecule has 1 aromatic carbocycles. The van der Waals surface area contributed by atoms with Gasteiger partial charge < -0.3 is 25.3 Å². The molecule has 0 fully saturated rings. The molecule has 0 bridgehead atoms. The van der Waals surface area contributed by atoms with Crippen LogP contribution in [0.4, 0.5) is 5.69 Å². The van der Waals surface area contributed by atoms with Gasteiger partial charge in [-0.3, -0.25) is 4.79 Å². The molecular formula is C15H24N2O4. The van der Waals surface area contributed by atoms with E-state index in [1.807, 2.05) is 0 Å². The van der Waals surface area contributed by atoms with Crippen LogP contribution in [0.15, 0.2) is 18.2 Å². The average Bonchev–Trinajstić information content (AvgIpc) is 2.46. The Kier molecular flexibility index (Phi) is 6.98. The first-order valence-corrected chi connectivity index (χ1v) is 6.85. The normalized spacial score (nSPS) is 13.4. The molecule has 1 amide bonds. The molecule has 6 heteroatoms. The van der Waals surface area contributed by atoms with Gasteiger partial charge in [-0.15, -0.1) is 0 Å². The number of carbonyl (C=O) groups excluding carboxylic acids is 1. The number of carbonyl (C=O) groups is 1. The third-order valence-electron chi connectivity index (χ3n) is 3.18. The molecule has 0 aliphatic rings. The molecule has 3 N–H and O–H groups in total. The van der Waals surface area contributed by atoms with Crippen molar-refractivity contribution < 1.29 is 19.0 Å². The van der Waals surface area contributed by atoms with Gasteiger partial charge in [-0.25, -0.2) is 0 Å². The number of ether oxygens (including phenoxy) is 3. The Labute approximate surface area is 125 Å². The van der Waals surface area contributed by atoms with Crippen LogP contribution in [0.2, 0.25) is 0 Å². The van der Waals surface area contributed by atoms with E-state index < -0.39 is 0 Å². The second-order valence-corrected chi connectivity index (χ2v) is 4.84. The molecule has 21 heavy (non-hydrogen) atoms. The Morgan fingerprint density at radius 3 is 2.52 bits per heavy atom. The lowest BCUT2D eigenvalue weighted by Crippen LogP contribution is -2.34. The molecule has 2 atom stereocenters. The van der Waals surface area contributed by atoms with Crippen LogP contribution in [-0.4, -0.2) is 39.4 Å². The van der Waals surface area contributed by atoms with Gasteiger partial charge in [0.25, 0.3) is 0 Å². The van der Waals surface area contributed by atoms with E-state index in [2.05, 4.69) is 5.32 Å². The van der Waals surface area contributed by atoms with Crippen LogP contribution >= 0.6 is 0 Å². The zero-order valence-electron chi connectivity index (χ0n) is 13.0. The number of amides is 1. The Morgan fingerprint density at radius 2 is 1.95 bits per heavy atom. The summed E-state index contributed by atoms with van der Waals surface area (Å²) in [5.74, 6) is 0.758. The summed E-state index contributed by atoms with van der Waals surface area (Å²) in [7, 11) is 3.17. The van der Waals surface area contributed by atoms with E-state index in [4.69, 9.17) is 19.9 Å². The van der Waals surface area contributed by atoms with E-state index in [-0.39, 0.29) is 17.9 Å². The number of rotatable bonds is 8. The lowest BCUT2D eigenvalue weighted by atomic mass is 10.0. The molecule has 6 nitrogen and oxygen atoms in total. The summed E-state index contributed by atoms with van der Waals surface area (Å²) in [6.45, 7) is 4.47. The van der Waals surface area contributed by atoms with Gasteiger partial charge in [-0.2, -0.15) is 0 Å². The molecule has 0 aromatic heterocycles. The Balaban J connectivity index is 2.79. The number of nitrogens with one attached hydrogen (secondary N) is 1. The number of nitrogens with two attached hydrogens (primary N) is 1. The smallest absolute Gasteiger partial charge is 0.228 e. The molecule has 0 saturated carbocycles. The predicted molar refractivity (Wildman–Crippen MR) is 81.8 cm³/mol. The highest BCUT2D eigenvalue weighted by molar-refractivity contribution is 5.93. The van der Waals surface area contributed by atoms with Gasteiger partial charge in [0.05, 0.1) is 19.6 Å². The molecule has 0 saturated heterocycles. The third-order valence-corrected chi connectivity index (χ3v) is 3.18. The number of anilines is 1. The lowest BCUT2D eigenvalue weighted by Gasteiger charge is -2.17. The highest BCUT2D eigenvalue weighted by Crippen LogP contribution is 2.30. The van der Waals surface area contributed by atoms with Crippen LogP contribution in [0.25, 0.3) is 0 Å². The fourth-order valence-electron chi connectivity index (χ4n) is 1.60. The molecule has 1 aromatic rings. The van der Waals surface area contributed by atoms with Crippen molar-refractivity contribution in [2.75, 3.05) is 32.8 Å². The maximum Gasteiger partial charge on any atom is 0.228 e. The zero-order chi connectivity index (χ0) is 15.8. The summed E-state index contributed by atoms with van der Waals surface area (Å²) in [5.41, 5.74) is 6.37. The summed E-state index contributed by atoms with van der Waals surface area (Å²) >= 11 is 0. The van der Waals surface area contributed by atoms with Crippen molar-refractivity contribution in [3.63, 3.8) is 0 Å². The minimum atomic E-state index is -0.273. The molecule has 0 aliphatic carbocycles. The standard InChI is InChI=1S/C15H24N2O4/c1-10(11(2)16)15(18)17-12-5-6-13(20-4)14(9-12)21-8-7-19-3/h5-6,9-11H,7-8,16H2,1-4H3,(H,17,18). The summed E-state index contributed by atoms with van der Waals surface area (Å²) in [6.07, 6.45) is 0. The molecule has 118 valence electrons. The van der Waals surface area contributed by atoms with Gasteiger partial charge in [-0.1, -0.05) is 6.92 Å². The third kappa shape index (κ3) is 5.24. The fraction of sp³-hybridized carbons (Fsp3) is 0.533. The van der Waals surface area contributed by atoms with Crippen molar-refractivity contribution in [3.8, 4) is 11.5 Å². The largest absolute Gasteiger partial charge is 0.493 e. The van der Waals surface area contributed by atoms with Crippen LogP contribution in [0, 0.1) is 5.92 Å². The van der Waals surface area contributed by atoms with Crippen LogP contribution in [-0.2, 0) is 9.53 Å². The Bertz CT molecular complexity index is 463. The first kappa shape index (κ1) is 17.3. The quantitative estimate of drug-likeness (QED) is 0.713. The van der Waals surface area contributed by atoms with E-state index in [1.54, 1.807) is 46.3 Å². The van der Waals surface area contributed by atoms with E-state index >= 15 is 0 Å². The molecule has 1 rings (SSSR count). The van der Waals surface area contributed by atoms with Crippen molar-refractivity contribution in [1.29, 1.82) is 0 Å². The predicted octanol–water partition coefficient (Wildman–Crippen LogP) is 1.64. The highest BCUT2D eigenvalue weighted by Gasteiger charge is 2.17. The van der Waals surface area contributed by atoms with Crippen molar-refractivity contribution >= 4 is 11.6 Å². The van der Waals surface area contributed by atoms with Crippen molar-refractivity contribution in [2.24, 2.45) is 11.7 Å². The topological polar surface area (TPSA) is 82.8 Å². The second-order valence-electron chi connectivity index (χ2n) is 4.84. The van der Waals surface area contributed by atoms with Crippen molar-refractivity contribution in [2.45, 2.75) is 19.9 Å². The molecule has 0 spiro atoms. The van der Waals surface area contributed by atoms with Gasteiger partial charge >= 0.3 is 0 Å². The number of benzene rings is 1. The lowest BCUT2D eigenvalue weighted by molar-refractivity contribution is -0.119. The summed E-state index contributed by atoms with van der Waals surface area (Å²) in [5, 5.41) is 2.82. The first-order valence-electron chi connectivity index (χ1n) is 6.85. The monoisotopic (exact) mass is 296 g/mol. The number of methoxy groups -OCH3 is 2. The first-order chi connectivity index (χ1) is 9.99. The maximum absolute atomic E-state index is 12.0. The summed E-state index contributed by atoms with van der Waals surface area (Å²) in [6, 6.07) is 5.02. The SMILES string of the molecule is COCCOc1cc(NC(=O)C(C)C(C)N)ccc1OC. The molecule has 2 unspecified atom stereocenters. The van der Waals surface area contributed by atoms with Crippen LogP contribution in [0.5, 0.6) is 11.5 Å². The van der Waals surface area contributed by atoms with E-state index in [9.17, 15) is 4.79 Å². The Hall–Kier alpha value is -1.79. The van der Waals surface area contributed by atoms with Crippen LogP contribution in [0.1, 0.15) is 13.8 Å². The summed E-state index contributed by atoms with van der Waals surface area (Å²) < 4.78 is 15.7. The maximum atomic E-state index is 12.0. The molecule has 0 radical (unpaired) electrons. The van der Waals surface area contributed by atoms with Gasteiger partial charge in [0, 0.05) is 24.9 Å². The minimum absolute atomic E-state index is 0.127. The van der Waals surface area contributed by atoms with Gasteiger partial charge in [0.2, 0.25) is 5.91 Å². The van der Waals surface area contributed by atoms with Crippen molar-refractivity contribution in [1.82, 2.24) is 0 Å². The molecule has 0 aliphatic heterocycles. The van der Waals surface area contributed by atoms with E-state index in [0.29, 0.717) is 30.4 Å². The van der Waals surface area contributed by atoms with Crippen LogP contribution in [0.3, 0.4) is 0 Å². The second kappa shape index (κ2) is 8.49. The number of hydrogen-bond acceptors (Lipinski definition) is 5. The van der Waals surface area contributed by atoms with Crippen molar-refractivity contribution in [3.05, 3.63) is 18.2 Å². The van der Waals surface area contributed by atoms with Gasteiger partial charge in [0.1, 0.15) is 6.61 Å². The molecular weight excluding hydrogens is 272 g/mol. The Morgan fingerprint density at radius 1 is 1.24 bits per heavy atom. The van der Waals surface area contributed by atoms with Crippen LogP contribution < -0.4 is 20.5 Å². The highest BCUT2D eigenvalue weighted by atomic mass is 16.5. The fourth-order valence-corrected chi connectivity index (χ4v) is 1.60. The van der Waals surface area contributed by atoms with E-state index in [0.717, 1.165) is 0 Å². The minimum Gasteiger partial charge on any atom is -0.493 e. The van der Waals surface area contributed by atoms with Gasteiger partial charge in [0.15, 0.2) is 11.5 Å². The average molecular weight is 296 g/mol. The molecule has 0 heterocycles. The van der Waals surface area contributed by atoms with Gasteiger partial charge in [-0.05, 0) is 19.1 Å².